The van der Waals surface area contributed by atoms with E-state index in [-0.39, 0.29) is 5.91 Å². The molecule has 34 heavy (non-hydrogen) atoms. The highest BCUT2D eigenvalue weighted by molar-refractivity contribution is 7.16. The van der Waals surface area contributed by atoms with Gasteiger partial charge in [-0.05, 0) is 67.1 Å². The van der Waals surface area contributed by atoms with Crippen molar-refractivity contribution in [1.29, 1.82) is 0 Å². The second-order valence-corrected chi connectivity index (χ2v) is 9.85. The Labute approximate surface area is 205 Å². The van der Waals surface area contributed by atoms with Crippen LogP contribution in [0.5, 0.6) is 11.5 Å². The predicted octanol–water partition coefficient (Wildman–Crippen LogP) is 5.96. The van der Waals surface area contributed by atoms with Crippen molar-refractivity contribution in [3.05, 3.63) is 64.0 Å². The number of methoxy groups -OCH3 is 2. The van der Waals surface area contributed by atoms with E-state index in [0.29, 0.717) is 23.0 Å². The number of nitrogens with zero attached hydrogens (tertiary/aromatic N) is 2. The lowest BCUT2D eigenvalue weighted by molar-refractivity contribution is 0.102. The van der Waals surface area contributed by atoms with Gasteiger partial charge in [0, 0.05) is 42.1 Å². The molecule has 0 saturated heterocycles. The zero-order chi connectivity index (χ0) is 24.2. The Morgan fingerprint density at radius 2 is 1.91 bits per heavy atom. The molecule has 1 aliphatic carbocycles. The van der Waals surface area contributed by atoms with E-state index in [1.54, 1.807) is 31.8 Å². The summed E-state index contributed by atoms with van der Waals surface area (Å²) in [6, 6.07) is 13.5. The van der Waals surface area contributed by atoms with Crippen molar-refractivity contribution < 1.29 is 14.3 Å². The normalized spacial score (nSPS) is 15.1. The third-order valence-electron chi connectivity index (χ3n) is 6.12. The summed E-state index contributed by atoms with van der Waals surface area (Å²) in [5.74, 6) is 1.76. The molecule has 1 aromatic heterocycles. The van der Waals surface area contributed by atoms with E-state index in [1.165, 1.54) is 4.88 Å². The molecular weight excluding hydrogens is 446 g/mol. The van der Waals surface area contributed by atoms with Crippen LogP contribution in [0.1, 0.15) is 39.7 Å². The molecule has 0 aliphatic heterocycles. The molecule has 1 heterocycles. The number of amides is 1. The second-order valence-electron chi connectivity index (χ2n) is 8.77. The first kappa shape index (κ1) is 23.8. The van der Waals surface area contributed by atoms with Crippen LogP contribution in [0.2, 0.25) is 0 Å². The van der Waals surface area contributed by atoms with Crippen molar-refractivity contribution in [2.24, 2.45) is 10.9 Å². The highest BCUT2D eigenvalue weighted by Crippen LogP contribution is 2.42. The van der Waals surface area contributed by atoms with E-state index in [0.717, 1.165) is 46.8 Å². The third kappa shape index (κ3) is 4.94. The number of fused-ring (bicyclic) bond motifs is 1. The van der Waals surface area contributed by atoms with Crippen molar-refractivity contribution >= 4 is 39.8 Å². The predicted molar refractivity (Wildman–Crippen MR) is 141 cm³/mol. The van der Waals surface area contributed by atoms with Gasteiger partial charge in [-0.25, -0.2) is 4.99 Å². The molecule has 2 aromatic carbocycles. The maximum absolute atomic E-state index is 13.5. The molecule has 0 saturated carbocycles. The van der Waals surface area contributed by atoms with E-state index in [1.807, 2.05) is 61.5 Å². The van der Waals surface area contributed by atoms with Crippen LogP contribution < -0.4 is 19.7 Å². The van der Waals surface area contributed by atoms with Crippen LogP contribution in [0, 0.1) is 5.92 Å². The topological polar surface area (TPSA) is 63.2 Å². The molecule has 0 unspecified atom stereocenters. The second kappa shape index (κ2) is 10.3. The van der Waals surface area contributed by atoms with Gasteiger partial charge in [0.1, 0.15) is 5.00 Å². The Bertz CT molecular complexity index is 1200. The molecular formula is C27H31N3O3S. The van der Waals surface area contributed by atoms with Gasteiger partial charge in [0.05, 0.1) is 19.8 Å². The first-order valence-electron chi connectivity index (χ1n) is 11.4. The molecule has 0 fully saturated rings. The van der Waals surface area contributed by atoms with Crippen molar-refractivity contribution in [1.82, 2.24) is 0 Å². The summed E-state index contributed by atoms with van der Waals surface area (Å²) in [7, 11) is 7.21. The Morgan fingerprint density at radius 1 is 1.15 bits per heavy atom. The van der Waals surface area contributed by atoms with Gasteiger partial charge in [0.25, 0.3) is 5.91 Å². The lowest BCUT2D eigenvalue weighted by Crippen LogP contribution is -2.17. The summed E-state index contributed by atoms with van der Waals surface area (Å²) in [5.41, 5.74) is 4.46. The van der Waals surface area contributed by atoms with E-state index in [4.69, 9.17) is 14.5 Å². The molecule has 1 atom stereocenters. The molecule has 178 valence electrons. The molecule has 7 heteroatoms. The number of thiophene rings is 1. The van der Waals surface area contributed by atoms with Gasteiger partial charge in [0.15, 0.2) is 11.5 Å². The minimum absolute atomic E-state index is 0.116. The molecule has 3 aromatic rings. The number of benzene rings is 2. The van der Waals surface area contributed by atoms with Crippen LogP contribution in [-0.2, 0) is 12.8 Å². The summed E-state index contributed by atoms with van der Waals surface area (Å²) < 4.78 is 10.9. The number of para-hydroxylation sites is 1. The maximum atomic E-state index is 13.5. The van der Waals surface area contributed by atoms with Crippen molar-refractivity contribution in [3.63, 3.8) is 0 Å². The first-order chi connectivity index (χ1) is 16.4. The van der Waals surface area contributed by atoms with Crippen LogP contribution >= 0.6 is 11.3 Å². The number of carbonyl (C=O) groups excluding carboxylic acids is 1. The third-order valence-corrected chi connectivity index (χ3v) is 7.28. The standard InChI is InChI=1S/C27H31N3O3S/c1-17-9-14-21-23(15-17)34-27(28-16-18-7-6-8-22(32-4)25(18)33-5)24(21)26(31)29-19-10-12-20(13-11-19)30(2)3/h6-8,10-13,16-17H,9,14-15H2,1-5H3,(H,29,31)/t17-/m1/s1. The van der Waals surface area contributed by atoms with Crippen LogP contribution in [0.3, 0.4) is 0 Å². The Kier molecular flexibility index (Phi) is 7.22. The average Bonchev–Trinajstić information content (AvgIpc) is 3.20. The molecule has 1 N–H and O–H groups in total. The van der Waals surface area contributed by atoms with Crippen LogP contribution in [0.25, 0.3) is 0 Å². The number of hydrogen-bond donors (Lipinski definition) is 1. The van der Waals surface area contributed by atoms with Gasteiger partial charge in [-0.15, -0.1) is 11.3 Å². The summed E-state index contributed by atoms with van der Waals surface area (Å²) >= 11 is 1.62. The molecule has 0 bridgehead atoms. The van der Waals surface area contributed by atoms with Crippen LogP contribution in [0.4, 0.5) is 16.4 Å². The maximum Gasteiger partial charge on any atom is 0.259 e. The fraction of sp³-hybridized carbons (Fsp3) is 0.333. The molecule has 1 aliphatic rings. The van der Waals surface area contributed by atoms with Gasteiger partial charge in [-0.1, -0.05) is 13.0 Å². The van der Waals surface area contributed by atoms with Crippen LogP contribution in [0.15, 0.2) is 47.5 Å². The Morgan fingerprint density at radius 3 is 2.59 bits per heavy atom. The van der Waals surface area contributed by atoms with Crippen molar-refractivity contribution in [3.8, 4) is 11.5 Å². The molecule has 1 amide bonds. The van der Waals surface area contributed by atoms with Gasteiger partial charge in [0.2, 0.25) is 0 Å². The smallest absolute Gasteiger partial charge is 0.259 e. The Balaban J connectivity index is 1.68. The average molecular weight is 478 g/mol. The summed E-state index contributed by atoms with van der Waals surface area (Å²) in [5, 5.41) is 3.81. The summed E-state index contributed by atoms with van der Waals surface area (Å²) in [4.78, 5) is 21.5. The van der Waals surface area contributed by atoms with E-state index < -0.39 is 0 Å². The summed E-state index contributed by atoms with van der Waals surface area (Å²) in [6.45, 7) is 2.26. The number of carbonyl (C=O) groups is 1. The SMILES string of the molecule is COc1cccc(C=Nc2sc3c(c2C(=O)Nc2ccc(N(C)C)cc2)CC[C@@H](C)C3)c1OC. The van der Waals surface area contributed by atoms with Crippen LogP contribution in [-0.4, -0.2) is 40.4 Å². The number of aliphatic imine (C=N–C) groups is 1. The number of anilines is 2. The number of nitrogens with one attached hydrogen (secondary N) is 1. The number of rotatable bonds is 7. The number of ether oxygens (including phenoxy) is 2. The van der Waals surface area contributed by atoms with Crippen molar-refractivity contribution in [2.45, 2.75) is 26.2 Å². The fourth-order valence-corrected chi connectivity index (χ4v) is 5.59. The number of hydrogen-bond acceptors (Lipinski definition) is 6. The Hall–Kier alpha value is -3.32. The van der Waals surface area contributed by atoms with Gasteiger partial charge >= 0.3 is 0 Å². The summed E-state index contributed by atoms with van der Waals surface area (Å²) in [6.07, 6.45) is 4.71. The molecule has 6 nitrogen and oxygen atoms in total. The van der Waals surface area contributed by atoms with Gasteiger partial charge in [-0.3, -0.25) is 4.79 Å². The minimum atomic E-state index is -0.116. The highest BCUT2D eigenvalue weighted by Gasteiger charge is 2.27. The highest BCUT2D eigenvalue weighted by atomic mass is 32.1. The first-order valence-corrected chi connectivity index (χ1v) is 12.2. The van der Waals surface area contributed by atoms with Crippen molar-refractivity contribution in [2.75, 3.05) is 38.5 Å². The lowest BCUT2D eigenvalue weighted by Gasteiger charge is -2.18. The molecule has 0 spiro atoms. The lowest BCUT2D eigenvalue weighted by atomic mass is 9.88. The minimum Gasteiger partial charge on any atom is -0.493 e. The monoisotopic (exact) mass is 477 g/mol. The molecule has 4 rings (SSSR count). The zero-order valence-electron chi connectivity index (χ0n) is 20.3. The van der Waals surface area contributed by atoms with E-state index >= 15 is 0 Å². The largest absolute Gasteiger partial charge is 0.493 e. The fourth-order valence-electron chi connectivity index (χ4n) is 4.24. The van der Waals surface area contributed by atoms with Gasteiger partial charge in [-0.2, -0.15) is 0 Å². The van der Waals surface area contributed by atoms with E-state index in [9.17, 15) is 4.79 Å². The quantitative estimate of drug-likeness (QED) is 0.427. The molecule has 0 radical (unpaired) electrons. The van der Waals surface area contributed by atoms with Gasteiger partial charge < -0.3 is 19.7 Å². The zero-order valence-corrected chi connectivity index (χ0v) is 21.2. The van der Waals surface area contributed by atoms with E-state index in [2.05, 4.69) is 12.2 Å².